The molecule has 102 valence electrons. The van der Waals surface area contributed by atoms with Crippen LogP contribution in [0.2, 0.25) is 0 Å². The summed E-state index contributed by atoms with van der Waals surface area (Å²) in [5.41, 5.74) is 3.60. The summed E-state index contributed by atoms with van der Waals surface area (Å²) in [7, 11) is 0. The fourth-order valence-electron chi connectivity index (χ4n) is 2.42. The predicted molar refractivity (Wildman–Crippen MR) is 75.0 cm³/mol. The lowest BCUT2D eigenvalue weighted by Gasteiger charge is -2.23. The zero-order chi connectivity index (χ0) is 13.8. The van der Waals surface area contributed by atoms with E-state index in [0.717, 1.165) is 18.5 Å². The first-order chi connectivity index (χ1) is 9.13. The average molecular weight is 260 g/mol. The molecule has 1 unspecified atom stereocenters. The Kier molecular flexibility index (Phi) is 4.20. The van der Waals surface area contributed by atoms with Crippen molar-refractivity contribution in [1.82, 2.24) is 5.32 Å². The highest BCUT2D eigenvalue weighted by Gasteiger charge is 2.26. The van der Waals surface area contributed by atoms with Gasteiger partial charge in [0.05, 0.1) is 0 Å². The van der Waals surface area contributed by atoms with Crippen molar-refractivity contribution in [3.05, 3.63) is 29.3 Å². The Labute approximate surface area is 113 Å². The molecule has 1 saturated heterocycles. The van der Waals surface area contributed by atoms with Crippen LogP contribution in [0.4, 0.5) is 5.69 Å². The first-order valence-corrected chi connectivity index (χ1v) is 6.86. The van der Waals surface area contributed by atoms with Gasteiger partial charge in [-0.25, -0.2) is 0 Å². The van der Waals surface area contributed by atoms with E-state index in [2.05, 4.69) is 36.6 Å². The largest absolute Gasteiger partial charge is 0.374 e. The van der Waals surface area contributed by atoms with Gasteiger partial charge in [-0.1, -0.05) is 19.9 Å². The molecule has 0 radical (unpaired) electrons. The van der Waals surface area contributed by atoms with Crippen molar-refractivity contribution >= 4 is 17.5 Å². The minimum Gasteiger partial charge on any atom is -0.374 e. The van der Waals surface area contributed by atoms with Gasteiger partial charge in [-0.2, -0.15) is 0 Å². The van der Waals surface area contributed by atoms with Gasteiger partial charge in [0.15, 0.2) is 0 Å². The number of rotatable bonds is 4. The molecule has 1 aromatic carbocycles. The molecule has 1 aromatic rings. The molecule has 2 N–H and O–H groups in total. The topological polar surface area (TPSA) is 58.2 Å². The maximum Gasteiger partial charge on any atom is 0.249 e. The fraction of sp³-hybridized carbons (Fsp3) is 0.467. The van der Waals surface area contributed by atoms with E-state index >= 15 is 0 Å². The number of hydrogen-bond acceptors (Lipinski definition) is 3. The van der Waals surface area contributed by atoms with Crippen LogP contribution in [-0.2, 0) is 22.4 Å². The number of nitrogens with one attached hydrogen (secondary N) is 2. The molecule has 0 bridgehead atoms. The van der Waals surface area contributed by atoms with Crippen molar-refractivity contribution in [1.29, 1.82) is 0 Å². The maximum absolute atomic E-state index is 11.7. The van der Waals surface area contributed by atoms with E-state index in [1.54, 1.807) is 0 Å². The summed E-state index contributed by atoms with van der Waals surface area (Å²) in [6, 6.07) is 5.90. The van der Waals surface area contributed by atoms with Gasteiger partial charge in [0.1, 0.15) is 6.04 Å². The number of carbonyl (C=O) groups excluding carboxylic acids is 2. The van der Waals surface area contributed by atoms with Gasteiger partial charge in [0.2, 0.25) is 11.8 Å². The third-order valence-corrected chi connectivity index (χ3v) is 3.55. The van der Waals surface area contributed by atoms with E-state index in [9.17, 15) is 9.59 Å². The Bertz CT molecular complexity index is 497. The SMILES string of the molecule is CCc1ccc(NC2CCC(=O)NC2=O)cc1CC. The zero-order valence-electron chi connectivity index (χ0n) is 11.5. The molecule has 1 aliphatic rings. The lowest BCUT2D eigenvalue weighted by molar-refractivity contribution is -0.133. The van der Waals surface area contributed by atoms with Crippen molar-refractivity contribution in [2.24, 2.45) is 0 Å². The molecule has 0 aromatic heterocycles. The summed E-state index contributed by atoms with van der Waals surface area (Å²) in [6.45, 7) is 4.27. The Morgan fingerprint density at radius 2 is 1.95 bits per heavy atom. The van der Waals surface area contributed by atoms with Crippen molar-refractivity contribution in [3.63, 3.8) is 0 Å². The minimum absolute atomic E-state index is 0.182. The van der Waals surface area contributed by atoms with Crippen molar-refractivity contribution < 1.29 is 9.59 Å². The summed E-state index contributed by atoms with van der Waals surface area (Å²) < 4.78 is 0. The van der Waals surface area contributed by atoms with E-state index < -0.39 is 0 Å². The minimum atomic E-state index is -0.310. The Morgan fingerprint density at radius 3 is 2.58 bits per heavy atom. The molecule has 1 atom stereocenters. The van der Waals surface area contributed by atoms with Crippen LogP contribution in [0.15, 0.2) is 18.2 Å². The summed E-state index contributed by atoms with van der Waals surface area (Å²) >= 11 is 0. The zero-order valence-corrected chi connectivity index (χ0v) is 11.5. The van der Waals surface area contributed by atoms with Crippen molar-refractivity contribution in [3.8, 4) is 0 Å². The van der Waals surface area contributed by atoms with Crippen LogP contribution >= 0.6 is 0 Å². The predicted octanol–water partition coefficient (Wildman–Crippen LogP) is 2.03. The first kappa shape index (κ1) is 13.6. The Balaban J connectivity index is 2.11. The Morgan fingerprint density at radius 1 is 1.21 bits per heavy atom. The number of piperidine rings is 1. The molecule has 1 aliphatic heterocycles. The number of aryl methyl sites for hydroxylation is 2. The fourth-order valence-corrected chi connectivity index (χ4v) is 2.42. The van der Waals surface area contributed by atoms with Gasteiger partial charge >= 0.3 is 0 Å². The lowest BCUT2D eigenvalue weighted by Crippen LogP contribution is -2.47. The normalized spacial score (nSPS) is 19.2. The van der Waals surface area contributed by atoms with Gasteiger partial charge in [0.25, 0.3) is 0 Å². The van der Waals surface area contributed by atoms with Crippen LogP contribution in [0.5, 0.6) is 0 Å². The summed E-state index contributed by atoms with van der Waals surface area (Å²) in [5, 5.41) is 5.57. The monoisotopic (exact) mass is 260 g/mol. The van der Waals surface area contributed by atoms with Gasteiger partial charge < -0.3 is 5.32 Å². The number of imide groups is 1. The summed E-state index contributed by atoms with van der Waals surface area (Å²) in [4.78, 5) is 22.8. The number of hydrogen-bond donors (Lipinski definition) is 2. The van der Waals surface area contributed by atoms with Crippen LogP contribution in [-0.4, -0.2) is 17.9 Å². The first-order valence-electron chi connectivity index (χ1n) is 6.86. The molecule has 0 saturated carbocycles. The van der Waals surface area contributed by atoms with Gasteiger partial charge in [0, 0.05) is 12.1 Å². The highest BCUT2D eigenvalue weighted by molar-refractivity contribution is 6.01. The number of amides is 2. The molecule has 0 aliphatic carbocycles. The smallest absolute Gasteiger partial charge is 0.249 e. The second-order valence-corrected chi connectivity index (χ2v) is 4.84. The third-order valence-electron chi connectivity index (χ3n) is 3.55. The van der Waals surface area contributed by atoms with Crippen LogP contribution < -0.4 is 10.6 Å². The number of carbonyl (C=O) groups is 2. The average Bonchev–Trinajstić information content (AvgIpc) is 2.41. The number of anilines is 1. The second-order valence-electron chi connectivity index (χ2n) is 4.84. The summed E-state index contributed by atoms with van der Waals surface area (Å²) in [5.74, 6) is -0.410. The highest BCUT2D eigenvalue weighted by Crippen LogP contribution is 2.19. The standard InChI is InChI=1S/C15H20N2O2/c1-3-10-5-6-12(9-11(10)4-2)16-13-7-8-14(18)17-15(13)19/h5-6,9,13,16H,3-4,7-8H2,1-2H3,(H,17,18,19). The molecule has 2 rings (SSSR count). The van der Waals surface area contributed by atoms with Crippen LogP contribution in [0.3, 0.4) is 0 Å². The van der Waals surface area contributed by atoms with Crippen LogP contribution in [0.25, 0.3) is 0 Å². The van der Waals surface area contributed by atoms with Crippen LogP contribution in [0, 0.1) is 0 Å². The molecule has 4 nitrogen and oxygen atoms in total. The highest BCUT2D eigenvalue weighted by atomic mass is 16.2. The van der Waals surface area contributed by atoms with Crippen molar-refractivity contribution in [2.45, 2.75) is 45.6 Å². The molecule has 4 heteroatoms. The molecule has 19 heavy (non-hydrogen) atoms. The van der Waals surface area contributed by atoms with Gasteiger partial charge in [-0.3, -0.25) is 14.9 Å². The Hall–Kier alpha value is -1.84. The van der Waals surface area contributed by atoms with Gasteiger partial charge in [-0.15, -0.1) is 0 Å². The lowest BCUT2D eigenvalue weighted by atomic mass is 10.0. The quantitative estimate of drug-likeness (QED) is 0.814. The van der Waals surface area contributed by atoms with E-state index in [4.69, 9.17) is 0 Å². The molecule has 1 fully saturated rings. The molecule has 0 spiro atoms. The van der Waals surface area contributed by atoms with E-state index in [1.165, 1.54) is 11.1 Å². The van der Waals surface area contributed by atoms with Crippen molar-refractivity contribution in [2.75, 3.05) is 5.32 Å². The second kappa shape index (κ2) is 5.87. The van der Waals surface area contributed by atoms with Gasteiger partial charge in [-0.05, 0) is 42.5 Å². The third kappa shape index (κ3) is 3.13. The molecule has 1 heterocycles. The van der Waals surface area contributed by atoms with E-state index in [0.29, 0.717) is 12.8 Å². The molecular formula is C15H20N2O2. The van der Waals surface area contributed by atoms with Crippen LogP contribution in [0.1, 0.15) is 37.8 Å². The molecule has 2 amide bonds. The number of benzene rings is 1. The molecular weight excluding hydrogens is 240 g/mol. The van der Waals surface area contributed by atoms with E-state index in [1.807, 2.05) is 6.07 Å². The summed E-state index contributed by atoms with van der Waals surface area (Å²) in [6.07, 6.45) is 2.95. The van der Waals surface area contributed by atoms with E-state index in [-0.39, 0.29) is 17.9 Å². The maximum atomic E-state index is 11.7.